The van der Waals surface area contributed by atoms with Crippen LogP contribution in [0.15, 0.2) is 12.4 Å². The normalized spacial score (nSPS) is 40.2. The summed E-state index contributed by atoms with van der Waals surface area (Å²) in [4.78, 5) is 4.47. The standard InChI is InChI=1S/C17H27N3/c1-12-19-4-5-20(12)16(2-3-18)17-9-13-6-14(10-17)8-15(7-13)11-17/h4-5,13-16H,2-3,6-11,18H2,1H3. The molecule has 0 spiro atoms. The summed E-state index contributed by atoms with van der Waals surface area (Å²) in [5.74, 6) is 4.18. The van der Waals surface area contributed by atoms with Crippen molar-refractivity contribution in [2.24, 2.45) is 28.9 Å². The summed E-state index contributed by atoms with van der Waals surface area (Å²) in [6.45, 7) is 2.94. The van der Waals surface area contributed by atoms with Crippen molar-refractivity contribution in [1.29, 1.82) is 0 Å². The van der Waals surface area contributed by atoms with Gasteiger partial charge in [-0.1, -0.05) is 0 Å². The van der Waals surface area contributed by atoms with E-state index in [1.54, 1.807) is 0 Å². The molecule has 0 aliphatic heterocycles. The van der Waals surface area contributed by atoms with Crippen molar-refractivity contribution in [1.82, 2.24) is 9.55 Å². The maximum absolute atomic E-state index is 5.97. The van der Waals surface area contributed by atoms with Crippen molar-refractivity contribution < 1.29 is 0 Å². The molecule has 4 bridgehead atoms. The van der Waals surface area contributed by atoms with Gasteiger partial charge in [-0.25, -0.2) is 4.98 Å². The summed E-state index contributed by atoms with van der Waals surface area (Å²) in [6, 6.07) is 0.586. The van der Waals surface area contributed by atoms with Crippen LogP contribution in [0.2, 0.25) is 0 Å². The molecule has 4 fully saturated rings. The predicted molar refractivity (Wildman–Crippen MR) is 80.3 cm³/mol. The van der Waals surface area contributed by atoms with Crippen molar-refractivity contribution in [2.45, 2.75) is 57.9 Å². The summed E-state index contributed by atoms with van der Waals surface area (Å²) in [5, 5.41) is 0. The van der Waals surface area contributed by atoms with Crippen LogP contribution in [0.4, 0.5) is 0 Å². The van der Waals surface area contributed by atoms with Crippen molar-refractivity contribution >= 4 is 0 Å². The zero-order chi connectivity index (χ0) is 13.7. The molecule has 4 aliphatic carbocycles. The highest BCUT2D eigenvalue weighted by Gasteiger charge is 2.54. The third kappa shape index (κ3) is 1.86. The molecule has 4 aliphatic rings. The fourth-order valence-corrected chi connectivity index (χ4v) is 6.20. The number of nitrogens with zero attached hydrogens (tertiary/aromatic N) is 2. The van der Waals surface area contributed by atoms with E-state index in [1.807, 2.05) is 6.20 Å². The zero-order valence-electron chi connectivity index (χ0n) is 12.6. The maximum Gasteiger partial charge on any atom is 0.105 e. The van der Waals surface area contributed by atoms with Gasteiger partial charge in [-0.2, -0.15) is 0 Å². The minimum absolute atomic E-state index is 0.527. The van der Waals surface area contributed by atoms with Gasteiger partial charge in [-0.15, -0.1) is 0 Å². The van der Waals surface area contributed by atoms with Crippen LogP contribution in [0, 0.1) is 30.1 Å². The van der Waals surface area contributed by atoms with E-state index in [2.05, 4.69) is 22.7 Å². The van der Waals surface area contributed by atoms with Gasteiger partial charge in [0.1, 0.15) is 5.82 Å². The van der Waals surface area contributed by atoms with Crippen molar-refractivity contribution in [2.75, 3.05) is 6.54 Å². The molecule has 4 saturated carbocycles. The molecule has 1 aromatic heterocycles. The van der Waals surface area contributed by atoms with Crippen LogP contribution in [-0.2, 0) is 0 Å². The molecule has 110 valence electrons. The average molecular weight is 273 g/mol. The number of aromatic nitrogens is 2. The fraction of sp³-hybridized carbons (Fsp3) is 0.824. The van der Waals surface area contributed by atoms with Gasteiger partial charge in [0.05, 0.1) is 0 Å². The Balaban J connectivity index is 1.71. The van der Waals surface area contributed by atoms with Crippen molar-refractivity contribution in [3.05, 3.63) is 18.2 Å². The Morgan fingerprint density at radius 2 is 1.85 bits per heavy atom. The molecule has 3 heteroatoms. The van der Waals surface area contributed by atoms with Crippen LogP contribution in [0.25, 0.3) is 0 Å². The lowest BCUT2D eigenvalue weighted by Gasteiger charge is -2.59. The number of rotatable bonds is 4. The Morgan fingerprint density at radius 1 is 1.25 bits per heavy atom. The maximum atomic E-state index is 5.97. The second-order valence-corrected chi connectivity index (χ2v) is 7.75. The SMILES string of the molecule is Cc1nccn1C(CCN)C12CC3CC(CC(C3)C1)C2. The number of nitrogens with two attached hydrogens (primary N) is 1. The summed E-state index contributed by atoms with van der Waals surface area (Å²) in [7, 11) is 0. The van der Waals surface area contributed by atoms with Gasteiger partial charge in [0.25, 0.3) is 0 Å². The van der Waals surface area contributed by atoms with Crippen LogP contribution in [0.5, 0.6) is 0 Å². The van der Waals surface area contributed by atoms with Crippen LogP contribution >= 0.6 is 0 Å². The molecular formula is C17H27N3. The molecule has 1 heterocycles. The van der Waals surface area contributed by atoms with Gasteiger partial charge in [0.2, 0.25) is 0 Å². The minimum atomic E-state index is 0.527. The van der Waals surface area contributed by atoms with Crippen LogP contribution in [0.1, 0.15) is 56.8 Å². The number of hydrogen-bond donors (Lipinski definition) is 1. The van der Waals surface area contributed by atoms with E-state index in [4.69, 9.17) is 5.73 Å². The topological polar surface area (TPSA) is 43.8 Å². The second-order valence-electron chi connectivity index (χ2n) is 7.75. The molecule has 0 saturated heterocycles. The van der Waals surface area contributed by atoms with Gasteiger partial charge >= 0.3 is 0 Å². The fourth-order valence-electron chi connectivity index (χ4n) is 6.20. The smallest absolute Gasteiger partial charge is 0.105 e. The second kappa shape index (κ2) is 4.59. The Bertz CT molecular complexity index is 455. The monoisotopic (exact) mass is 273 g/mol. The van der Waals surface area contributed by atoms with E-state index < -0.39 is 0 Å². The molecule has 20 heavy (non-hydrogen) atoms. The lowest BCUT2D eigenvalue weighted by molar-refractivity contribution is -0.0843. The lowest BCUT2D eigenvalue weighted by Crippen LogP contribution is -2.50. The Kier molecular flexibility index (Phi) is 2.95. The highest BCUT2D eigenvalue weighted by Crippen LogP contribution is 2.64. The zero-order valence-corrected chi connectivity index (χ0v) is 12.6. The van der Waals surface area contributed by atoms with E-state index in [-0.39, 0.29) is 0 Å². The quantitative estimate of drug-likeness (QED) is 0.914. The summed E-state index contributed by atoms with van der Waals surface area (Å²) < 4.78 is 2.44. The van der Waals surface area contributed by atoms with E-state index >= 15 is 0 Å². The third-order valence-electron chi connectivity index (χ3n) is 6.43. The number of imidazole rings is 1. The predicted octanol–water partition coefficient (Wildman–Crippen LogP) is 3.30. The number of hydrogen-bond acceptors (Lipinski definition) is 2. The van der Waals surface area contributed by atoms with E-state index in [9.17, 15) is 0 Å². The van der Waals surface area contributed by atoms with Gasteiger partial charge < -0.3 is 10.3 Å². The van der Waals surface area contributed by atoms with Gasteiger partial charge in [0.15, 0.2) is 0 Å². The molecule has 3 nitrogen and oxygen atoms in total. The van der Waals surface area contributed by atoms with Crippen molar-refractivity contribution in [3.63, 3.8) is 0 Å². The molecule has 1 unspecified atom stereocenters. The molecule has 0 radical (unpaired) electrons. The molecule has 1 aromatic rings. The highest BCUT2D eigenvalue weighted by atomic mass is 15.1. The summed E-state index contributed by atoms with van der Waals surface area (Å²) >= 11 is 0. The minimum Gasteiger partial charge on any atom is -0.332 e. The first kappa shape index (κ1) is 12.9. The van der Waals surface area contributed by atoms with Crippen LogP contribution < -0.4 is 5.73 Å². The van der Waals surface area contributed by atoms with E-state index in [0.29, 0.717) is 11.5 Å². The molecule has 0 amide bonds. The van der Waals surface area contributed by atoms with E-state index in [1.165, 1.54) is 44.3 Å². The molecule has 1 atom stereocenters. The molecule has 5 rings (SSSR count). The van der Waals surface area contributed by atoms with Gasteiger partial charge in [-0.3, -0.25) is 0 Å². The lowest BCUT2D eigenvalue weighted by atomic mass is 9.47. The van der Waals surface area contributed by atoms with Crippen LogP contribution in [-0.4, -0.2) is 16.1 Å². The van der Waals surface area contributed by atoms with Gasteiger partial charge in [-0.05, 0) is 81.6 Å². The van der Waals surface area contributed by atoms with Gasteiger partial charge in [0, 0.05) is 18.4 Å². The Hall–Kier alpha value is -0.830. The third-order valence-corrected chi connectivity index (χ3v) is 6.43. The van der Waals surface area contributed by atoms with Crippen molar-refractivity contribution in [3.8, 4) is 0 Å². The summed E-state index contributed by atoms with van der Waals surface area (Å²) in [5.41, 5.74) is 6.50. The molecule has 2 N–H and O–H groups in total. The van der Waals surface area contributed by atoms with Crippen LogP contribution in [0.3, 0.4) is 0 Å². The first-order chi connectivity index (χ1) is 9.70. The van der Waals surface area contributed by atoms with E-state index in [0.717, 1.165) is 30.7 Å². The largest absolute Gasteiger partial charge is 0.332 e. The Morgan fingerprint density at radius 3 is 2.30 bits per heavy atom. The average Bonchev–Trinajstić information content (AvgIpc) is 2.80. The molecular weight excluding hydrogens is 246 g/mol. The Labute approximate surface area is 122 Å². The number of aryl methyl sites for hydroxylation is 1. The highest BCUT2D eigenvalue weighted by molar-refractivity contribution is 5.08. The molecule has 0 aromatic carbocycles. The first-order valence-corrected chi connectivity index (χ1v) is 8.40. The summed E-state index contributed by atoms with van der Waals surface area (Å²) in [6.07, 6.45) is 14.1. The first-order valence-electron chi connectivity index (χ1n) is 8.40.